The second-order valence-corrected chi connectivity index (χ2v) is 11.5. The Labute approximate surface area is 211 Å². The van der Waals surface area contributed by atoms with Crippen LogP contribution in [0.4, 0.5) is 0 Å². The molecule has 0 aromatic heterocycles. The van der Waals surface area contributed by atoms with E-state index in [9.17, 15) is 9.13 Å². The Morgan fingerprint density at radius 3 is 1.09 bits per heavy atom. The maximum Gasteiger partial charge on any atom is 0.478 e. The summed E-state index contributed by atoms with van der Waals surface area (Å²) < 4.78 is 22.2. The Bertz CT molecular complexity index is 818. The lowest BCUT2D eigenvalue weighted by atomic mass is 10.0. The molecule has 0 spiro atoms. The van der Waals surface area contributed by atoms with Gasteiger partial charge in [0.15, 0.2) is 0 Å². The number of aliphatic hydroxyl groups excluding tert-OH is 1. The van der Waals surface area contributed by atoms with Crippen LogP contribution in [0.3, 0.4) is 0 Å². The molecule has 35 heavy (non-hydrogen) atoms. The lowest BCUT2D eigenvalue weighted by Crippen LogP contribution is -1.84. The van der Waals surface area contributed by atoms with E-state index in [1.165, 1.54) is 47.1 Å². The minimum Gasteiger partial charge on any atom is -0.392 e. The van der Waals surface area contributed by atoms with Gasteiger partial charge in [-0.05, 0) is 92.9 Å². The van der Waals surface area contributed by atoms with Gasteiger partial charge in [0.2, 0.25) is 0 Å². The summed E-state index contributed by atoms with van der Waals surface area (Å²) in [6.45, 7) is 13.3. The summed E-state index contributed by atoms with van der Waals surface area (Å²) in [6.07, 6.45) is 20.5. The lowest BCUT2D eigenvalue weighted by molar-refractivity contribution is 0.225. The van der Waals surface area contributed by atoms with Gasteiger partial charge >= 0.3 is 15.6 Å². The Kier molecular flexibility index (Phi) is 20.6. The van der Waals surface area contributed by atoms with Crippen LogP contribution in [0.5, 0.6) is 0 Å². The zero-order valence-electron chi connectivity index (χ0n) is 22.1. The normalized spacial score (nSPS) is 13.9. The summed E-state index contributed by atoms with van der Waals surface area (Å²) in [5, 5.41) is 8.86. The van der Waals surface area contributed by atoms with Crippen LogP contribution in [0.15, 0.2) is 58.2 Å². The molecule has 0 rings (SSSR count). The van der Waals surface area contributed by atoms with E-state index in [-0.39, 0.29) is 6.61 Å². The van der Waals surface area contributed by atoms with Crippen LogP contribution in [-0.2, 0) is 13.4 Å². The summed E-state index contributed by atoms with van der Waals surface area (Å²) >= 11 is 0. The Hall–Kier alpha value is -1.08. The van der Waals surface area contributed by atoms with Crippen LogP contribution < -0.4 is 0 Å². The molecule has 0 heterocycles. The molecule has 0 aliphatic rings. The second kappa shape index (κ2) is 20.0. The number of allylic oxidation sites excluding steroid dienone is 9. The summed E-state index contributed by atoms with van der Waals surface area (Å²) in [4.78, 5) is 31.0. The zero-order valence-corrected chi connectivity index (χ0v) is 23.9. The third-order valence-electron chi connectivity index (χ3n) is 4.84. The molecule has 0 unspecified atom stereocenters. The zero-order chi connectivity index (χ0) is 27.5. The number of hydrogen-bond acceptors (Lipinski definition) is 4. The van der Waals surface area contributed by atoms with E-state index in [0.29, 0.717) is 0 Å². The maximum absolute atomic E-state index is 9.63. The van der Waals surface area contributed by atoms with Crippen molar-refractivity contribution in [2.24, 2.45) is 0 Å². The van der Waals surface area contributed by atoms with Crippen molar-refractivity contribution < 1.29 is 38.1 Å². The van der Waals surface area contributed by atoms with E-state index in [1.807, 2.05) is 6.08 Å². The highest BCUT2D eigenvalue weighted by Crippen LogP contribution is 2.53. The van der Waals surface area contributed by atoms with Crippen LogP contribution in [0.1, 0.15) is 92.9 Å². The SMILES string of the molecule is CC(C)=CCC/C(C)=C/CCC(C)=CCCC(C)=CCCC(C)=CCO.O=P(O)(O)OP(=O)(O)O. The molecule has 0 aliphatic heterocycles. The quantitative estimate of drug-likeness (QED) is 0.111. The molecule has 0 radical (unpaired) electrons. The Morgan fingerprint density at radius 2 is 0.857 bits per heavy atom. The number of rotatable bonds is 15. The van der Waals surface area contributed by atoms with Crippen LogP contribution in [0.25, 0.3) is 0 Å². The molecule has 0 saturated heterocycles. The topological polar surface area (TPSA) is 145 Å². The molecule has 0 aromatic rings. The van der Waals surface area contributed by atoms with Crippen molar-refractivity contribution in [2.45, 2.75) is 92.9 Å². The molecule has 10 heteroatoms. The lowest BCUT2D eigenvalue weighted by Gasteiger charge is -2.03. The molecule has 0 aromatic carbocycles. The predicted molar refractivity (Wildman–Crippen MR) is 144 cm³/mol. The predicted octanol–water partition coefficient (Wildman–Crippen LogP) is 7.04. The average Bonchev–Trinajstić information content (AvgIpc) is 2.65. The minimum atomic E-state index is -5.05. The molecule has 5 N–H and O–H groups in total. The van der Waals surface area contributed by atoms with Crippen molar-refractivity contribution >= 4 is 15.6 Å². The first-order valence-corrected chi connectivity index (χ1v) is 14.8. The van der Waals surface area contributed by atoms with E-state index in [4.69, 9.17) is 24.7 Å². The van der Waals surface area contributed by atoms with Gasteiger partial charge < -0.3 is 24.7 Å². The fourth-order valence-corrected chi connectivity index (χ4v) is 4.04. The first-order chi connectivity index (χ1) is 16.1. The molecule has 0 amide bonds. The molecule has 8 nitrogen and oxygen atoms in total. The van der Waals surface area contributed by atoms with Crippen LogP contribution >= 0.6 is 15.6 Å². The Balaban J connectivity index is 0. The van der Waals surface area contributed by atoms with E-state index < -0.39 is 15.6 Å². The molecule has 0 aliphatic carbocycles. The summed E-state index contributed by atoms with van der Waals surface area (Å²) in [6, 6.07) is 0. The third kappa shape index (κ3) is 30.9. The molecule has 0 atom stereocenters. The van der Waals surface area contributed by atoms with Crippen molar-refractivity contribution in [1.29, 1.82) is 0 Å². The van der Waals surface area contributed by atoms with Crippen molar-refractivity contribution in [1.82, 2.24) is 0 Å². The third-order valence-corrected chi connectivity index (χ3v) is 6.54. The summed E-state index contributed by atoms with van der Waals surface area (Å²) in [7, 11) is -10.1. The summed E-state index contributed by atoms with van der Waals surface area (Å²) in [5.41, 5.74) is 7.18. The van der Waals surface area contributed by atoms with Gasteiger partial charge in [0, 0.05) is 0 Å². The van der Waals surface area contributed by atoms with Gasteiger partial charge in [-0.25, -0.2) is 9.13 Å². The standard InChI is InChI=1S/C25H42O.H4O7P2/c1-21(2)11-7-12-22(3)13-8-14-23(4)15-9-16-24(5)17-10-18-25(6)19-20-26;1-8(2,3)7-9(4,5)6/h11,13,15,17,19,26H,7-10,12,14,16,18,20H2,1-6H3;(H2,1,2,3)(H2,4,5,6)/b22-13+,23-15?,24-17?,25-19?;. The fourth-order valence-electron chi connectivity index (χ4n) is 2.93. The van der Waals surface area contributed by atoms with E-state index >= 15 is 0 Å². The molecule has 204 valence electrons. The van der Waals surface area contributed by atoms with Crippen molar-refractivity contribution in [3.8, 4) is 0 Å². The first-order valence-electron chi connectivity index (χ1n) is 11.7. The Morgan fingerprint density at radius 1 is 0.571 bits per heavy atom. The van der Waals surface area contributed by atoms with Gasteiger partial charge in [0.25, 0.3) is 0 Å². The molecule has 0 bridgehead atoms. The summed E-state index contributed by atoms with van der Waals surface area (Å²) in [5.74, 6) is 0. The fraction of sp³-hybridized carbons (Fsp3) is 0.600. The highest BCUT2D eigenvalue weighted by molar-refractivity contribution is 7.60. The molecule has 0 fully saturated rings. The van der Waals surface area contributed by atoms with Crippen LogP contribution in [0.2, 0.25) is 0 Å². The highest BCUT2D eigenvalue weighted by atomic mass is 31.3. The molecular formula is C25H46O8P2. The monoisotopic (exact) mass is 536 g/mol. The average molecular weight is 537 g/mol. The van der Waals surface area contributed by atoms with Crippen LogP contribution in [0, 0.1) is 0 Å². The van der Waals surface area contributed by atoms with Gasteiger partial charge in [-0.15, -0.1) is 0 Å². The van der Waals surface area contributed by atoms with E-state index in [1.54, 1.807) is 0 Å². The number of aliphatic hydroxyl groups is 1. The maximum atomic E-state index is 9.63. The first kappa shape index (κ1) is 36.1. The largest absolute Gasteiger partial charge is 0.478 e. The van der Waals surface area contributed by atoms with E-state index in [0.717, 1.165) is 32.1 Å². The van der Waals surface area contributed by atoms with Crippen molar-refractivity contribution in [3.63, 3.8) is 0 Å². The van der Waals surface area contributed by atoms with E-state index in [2.05, 4.69) is 70.2 Å². The van der Waals surface area contributed by atoms with Gasteiger partial charge in [0.05, 0.1) is 6.61 Å². The number of phosphoric acid groups is 2. The van der Waals surface area contributed by atoms with Crippen molar-refractivity contribution in [3.05, 3.63) is 58.2 Å². The van der Waals surface area contributed by atoms with Crippen LogP contribution in [-0.4, -0.2) is 31.3 Å². The number of hydrogen-bond donors (Lipinski definition) is 5. The van der Waals surface area contributed by atoms with Gasteiger partial charge in [-0.1, -0.05) is 58.2 Å². The molecule has 0 saturated carbocycles. The minimum absolute atomic E-state index is 0.156. The van der Waals surface area contributed by atoms with Gasteiger partial charge in [-0.3, -0.25) is 0 Å². The smallest absolute Gasteiger partial charge is 0.392 e. The van der Waals surface area contributed by atoms with Gasteiger partial charge in [-0.2, -0.15) is 4.31 Å². The highest BCUT2D eigenvalue weighted by Gasteiger charge is 2.27. The van der Waals surface area contributed by atoms with Gasteiger partial charge in [0.1, 0.15) is 0 Å². The molecular weight excluding hydrogens is 490 g/mol. The van der Waals surface area contributed by atoms with Crippen molar-refractivity contribution in [2.75, 3.05) is 6.61 Å². The second-order valence-electron chi connectivity index (χ2n) is 8.88.